The lowest BCUT2D eigenvalue weighted by molar-refractivity contribution is -0.0979. The summed E-state index contributed by atoms with van der Waals surface area (Å²) in [5.74, 6) is 0. The van der Waals surface area contributed by atoms with Crippen molar-refractivity contribution in [3.63, 3.8) is 0 Å². The number of carbonyl (C=O) groups excluding carboxylic acids is 1. The minimum absolute atomic E-state index is 1.29. The second-order valence-electron chi connectivity index (χ2n) is 3.73. The van der Waals surface area contributed by atoms with Gasteiger partial charge >= 0.3 is 0 Å². The summed E-state index contributed by atoms with van der Waals surface area (Å²) in [6.45, 7) is 6.22. The summed E-state index contributed by atoms with van der Waals surface area (Å²) in [6.07, 6.45) is 0. The van der Waals surface area contributed by atoms with Crippen molar-refractivity contribution in [3.8, 4) is 11.1 Å². The normalized spacial score (nSPS) is 8.44. The summed E-state index contributed by atoms with van der Waals surface area (Å²) >= 11 is 0. The first-order chi connectivity index (χ1) is 8.75. The molecule has 0 aliphatic carbocycles. The molecule has 2 N–H and O–H groups in total. The highest BCUT2D eigenvalue weighted by molar-refractivity contribution is 5.63. The van der Waals surface area contributed by atoms with Gasteiger partial charge in [0, 0.05) is 0 Å². The van der Waals surface area contributed by atoms with Gasteiger partial charge in [-0.1, -0.05) is 59.7 Å². The van der Waals surface area contributed by atoms with E-state index in [-0.39, 0.29) is 0 Å². The third kappa shape index (κ3) is 4.93. The molecule has 0 atom stereocenters. The van der Waals surface area contributed by atoms with E-state index >= 15 is 0 Å². The van der Waals surface area contributed by atoms with Crippen LogP contribution >= 0.6 is 0 Å². The summed E-state index contributed by atoms with van der Waals surface area (Å²) in [6, 6.07) is 17.3. The maximum absolute atomic E-state index is 8.00. The number of hydrogen-bond acceptors (Lipinski definition) is 2. The second-order valence-corrected chi connectivity index (χ2v) is 3.73. The smallest absolute Gasteiger partial charge is 0.106 e. The van der Waals surface area contributed by atoms with Crippen molar-refractivity contribution < 1.29 is 4.79 Å². The highest BCUT2D eigenvalue weighted by Crippen LogP contribution is 2.19. The number of nitrogens with two attached hydrogens (primary N) is 1. The minimum atomic E-state index is 1.29. The predicted octanol–water partition coefficient (Wildman–Crippen LogP) is 3.36. The van der Waals surface area contributed by atoms with Gasteiger partial charge in [-0.25, -0.2) is 0 Å². The molecule has 0 saturated carbocycles. The van der Waals surface area contributed by atoms with Crippen molar-refractivity contribution in [3.05, 3.63) is 59.7 Å². The molecule has 2 heteroatoms. The molecule has 0 spiro atoms. The molecule has 0 heterocycles. The molecule has 0 aromatic heterocycles. The van der Waals surface area contributed by atoms with Gasteiger partial charge in [0.1, 0.15) is 6.79 Å². The Kier molecular flexibility index (Phi) is 8.16. The maximum atomic E-state index is 8.00. The lowest BCUT2D eigenvalue weighted by Crippen LogP contribution is -1.78. The zero-order chi connectivity index (χ0) is 14.0. The van der Waals surface area contributed by atoms with E-state index < -0.39 is 0 Å². The van der Waals surface area contributed by atoms with Gasteiger partial charge < -0.3 is 10.5 Å². The van der Waals surface area contributed by atoms with Crippen LogP contribution < -0.4 is 5.73 Å². The van der Waals surface area contributed by atoms with E-state index in [4.69, 9.17) is 4.79 Å². The first-order valence-corrected chi connectivity index (χ1v) is 5.76. The zero-order valence-electron chi connectivity index (χ0n) is 11.3. The van der Waals surface area contributed by atoms with Crippen molar-refractivity contribution >= 4 is 6.79 Å². The molecule has 2 rings (SSSR count). The maximum Gasteiger partial charge on any atom is 0.106 e. The van der Waals surface area contributed by atoms with Gasteiger partial charge in [0.15, 0.2) is 0 Å². The highest BCUT2D eigenvalue weighted by Gasteiger charge is 1.95. The molecule has 2 aromatic rings. The Morgan fingerprint density at radius 2 is 0.889 bits per heavy atom. The van der Waals surface area contributed by atoms with Crippen molar-refractivity contribution in [2.75, 3.05) is 7.05 Å². The summed E-state index contributed by atoms with van der Waals surface area (Å²) in [5.41, 5.74) is 9.69. The Bertz CT molecular complexity index is 388. The van der Waals surface area contributed by atoms with E-state index in [1.54, 1.807) is 0 Å². The minimum Gasteiger partial charge on any atom is -0.333 e. The third-order valence-electron chi connectivity index (χ3n) is 2.44. The van der Waals surface area contributed by atoms with Crippen LogP contribution in [0.25, 0.3) is 11.1 Å². The second kappa shape index (κ2) is 9.14. The first kappa shape index (κ1) is 16.1. The Morgan fingerprint density at radius 3 is 1.11 bits per heavy atom. The third-order valence-corrected chi connectivity index (χ3v) is 2.44. The van der Waals surface area contributed by atoms with E-state index in [0.717, 1.165) is 0 Å². The van der Waals surface area contributed by atoms with Crippen molar-refractivity contribution in [1.82, 2.24) is 0 Å². The fourth-order valence-corrected chi connectivity index (χ4v) is 1.49. The molecule has 0 bridgehead atoms. The molecule has 0 radical (unpaired) electrons. The molecule has 2 aromatic carbocycles. The van der Waals surface area contributed by atoms with Gasteiger partial charge in [0.05, 0.1) is 0 Å². The topological polar surface area (TPSA) is 43.1 Å². The monoisotopic (exact) mass is 243 g/mol. The average Bonchev–Trinajstić information content (AvgIpc) is 2.45. The number of hydrogen-bond donors (Lipinski definition) is 1. The standard InChI is InChI=1S/C14H14.CH5N.CH2O/c1-11-3-7-13(8-4-11)14-9-5-12(2)6-10-14;2*1-2/h3-10H,1-2H3;2H2,1H3;1H2. The summed E-state index contributed by atoms with van der Waals surface area (Å²) in [4.78, 5) is 8.00. The van der Waals surface area contributed by atoms with Crippen LogP contribution in [0, 0.1) is 13.8 Å². The van der Waals surface area contributed by atoms with Crippen LogP contribution in [0.2, 0.25) is 0 Å². The fourth-order valence-electron chi connectivity index (χ4n) is 1.49. The zero-order valence-corrected chi connectivity index (χ0v) is 11.3. The molecule has 0 aliphatic heterocycles. The van der Waals surface area contributed by atoms with Gasteiger partial charge in [-0.15, -0.1) is 0 Å². The average molecular weight is 243 g/mol. The van der Waals surface area contributed by atoms with Gasteiger partial charge in [-0.05, 0) is 32.0 Å². The molecule has 0 amide bonds. The Hall–Kier alpha value is -1.93. The van der Waals surface area contributed by atoms with E-state index in [0.29, 0.717) is 0 Å². The lowest BCUT2D eigenvalue weighted by Gasteiger charge is -2.02. The van der Waals surface area contributed by atoms with Crippen LogP contribution in [0.1, 0.15) is 11.1 Å². The van der Waals surface area contributed by atoms with E-state index in [9.17, 15) is 0 Å². The molecular weight excluding hydrogens is 222 g/mol. The molecule has 96 valence electrons. The molecule has 0 unspecified atom stereocenters. The Labute approximate surface area is 109 Å². The number of carbonyl (C=O) groups is 1. The summed E-state index contributed by atoms with van der Waals surface area (Å²) < 4.78 is 0. The largest absolute Gasteiger partial charge is 0.333 e. The van der Waals surface area contributed by atoms with Crippen LogP contribution in [0.4, 0.5) is 0 Å². The number of benzene rings is 2. The van der Waals surface area contributed by atoms with Gasteiger partial charge in [-0.3, -0.25) is 0 Å². The molecule has 2 nitrogen and oxygen atoms in total. The number of rotatable bonds is 1. The van der Waals surface area contributed by atoms with E-state index in [1.165, 1.54) is 29.3 Å². The van der Waals surface area contributed by atoms with Crippen molar-refractivity contribution in [2.45, 2.75) is 13.8 Å². The number of aryl methyl sites for hydroxylation is 2. The highest BCUT2D eigenvalue weighted by atomic mass is 16.1. The van der Waals surface area contributed by atoms with Gasteiger partial charge in [0.2, 0.25) is 0 Å². The quantitative estimate of drug-likeness (QED) is 0.834. The Morgan fingerprint density at radius 1 is 0.667 bits per heavy atom. The van der Waals surface area contributed by atoms with Crippen LogP contribution in [-0.2, 0) is 4.79 Å². The van der Waals surface area contributed by atoms with Crippen LogP contribution in [-0.4, -0.2) is 13.8 Å². The molecular formula is C16H21NO. The summed E-state index contributed by atoms with van der Waals surface area (Å²) in [5, 5.41) is 0. The molecule has 0 fully saturated rings. The first-order valence-electron chi connectivity index (χ1n) is 5.76. The molecule has 0 aliphatic rings. The van der Waals surface area contributed by atoms with E-state index in [1.807, 2.05) is 6.79 Å². The van der Waals surface area contributed by atoms with Gasteiger partial charge in [-0.2, -0.15) is 0 Å². The van der Waals surface area contributed by atoms with Crippen LogP contribution in [0.5, 0.6) is 0 Å². The Balaban J connectivity index is 0.000000659. The molecule has 18 heavy (non-hydrogen) atoms. The van der Waals surface area contributed by atoms with Crippen molar-refractivity contribution in [2.24, 2.45) is 5.73 Å². The summed E-state index contributed by atoms with van der Waals surface area (Å²) in [7, 11) is 1.50. The fraction of sp³-hybridized carbons (Fsp3) is 0.188. The lowest BCUT2D eigenvalue weighted by atomic mass is 10.0. The molecule has 0 saturated heterocycles. The SMILES string of the molecule is C=O.CN.Cc1ccc(-c2ccc(C)cc2)cc1. The predicted molar refractivity (Wildman–Crippen MR) is 78.6 cm³/mol. The van der Waals surface area contributed by atoms with E-state index in [2.05, 4.69) is 68.1 Å². The van der Waals surface area contributed by atoms with Crippen LogP contribution in [0.15, 0.2) is 48.5 Å². The van der Waals surface area contributed by atoms with Crippen LogP contribution in [0.3, 0.4) is 0 Å². The van der Waals surface area contributed by atoms with Gasteiger partial charge in [0.25, 0.3) is 0 Å². The van der Waals surface area contributed by atoms with Crippen molar-refractivity contribution in [1.29, 1.82) is 0 Å².